The van der Waals surface area contributed by atoms with Crippen LogP contribution in [0.25, 0.3) is 0 Å². The summed E-state index contributed by atoms with van der Waals surface area (Å²) in [5.41, 5.74) is 0.567. The number of carbonyl (C=O) groups excluding carboxylic acids is 1. The zero-order valence-electron chi connectivity index (χ0n) is 19.4. The standard InChI is InChI=1S/C24H38N4O3/c1-4-6-21-25-18(3)15-22(26-21)28-10-8-19-16-20(27-11-13-30-14-12-27)7-9-24(19,17-28)23(29)31-5-2/h15,19-20H,4-14,16-17H2,1-3H3/t19-,20-,24-/m1/s1. The molecule has 7 nitrogen and oxygen atoms in total. The number of morpholine rings is 1. The van der Waals surface area contributed by atoms with Crippen molar-refractivity contribution in [3.05, 3.63) is 17.6 Å². The molecular weight excluding hydrogens is 392 g/mol. The summed E-state index contributed by atoms with van der Waals surface area (Å²) in [4.78, 5) is 27.7. The molecule has 172 valence electrons. The van der Waals surface area contributed by atoms with Crippen LogP contribution >= 0.6 is 0 Å². The second kappa shape index (κ2) is 9.82. The SMILES string of the molecule is CCCc1nc(C)cc(N2CC[C@@H]3C[C@H](N4CCOCC4)CC[C@@]3(C(=O)OCC)C2)n1. The lowest BCUT2D eigenvalue weighted by Crippen LogP contribution is -2.59. The average molecular weight is 431 g/mol. The Balaban J connectivity index is 1.56. The van der Waals surface area contributed by atoms with Crippen LogP contribution in [0.15, 0.2) is 6.07 Å². The number of nitrogens with zero attached hydrogens (tertiary/aromatic N) is 4. The largest absolute Gasteiger partial charge is 0.466 e. The van der Waals surface area contributed by atoms with E-state index in [-0.39, 0.29) is 5.97 Å². The number of piperidine rings is 1. The third kappa shape index (κ3) is 4.72. The van der Waals surface area contributed by atoms with Gasteiger partial charge in [0.25, 0.3) is 0 Å². The van der Waals surface area contributed by atoms with E-state index < -0.39 is 5.41 Å². The maximum absolute atomic E-state index is 13.3. The number of carbonyl (C=O) groups is 1. The van der Waals surface area contributed by atoms with Crippen molar-refractivity contribution in [2.24, 2.45) is 11.3 Å². The number of aryl methyl sites for hydroxylation is 2. The van der Waals surface area contributed by atoms with Crippen LogP contribution in [-0.2, 0) is 20.7 Å². The predicted octanol–water partition coefficient (Wildman–Crippen LogP) is 3.00. The van der Waals surface area contributed by atoms with Gasteiger partial charge in [-0.3, -0.25) is 9.69 Å². The Morgan fingerprint density at radius 1 is 1.23 bits per heavy atom. The first-order valence-corrected chi connectivity index (χ1v) is 12.1. The summed E-state index contributed by atoms with van der Waals surface area (Å²) in [5, 5.41) is 0. The van der Waals surface area contributed by atoms with E-state index in [0.717, 1.165) is 88.7 Å². The molecule has 0 N–H and O–H groups in total. The Hall–Kier alpha value is -1.73. The third-order valence-corrected chi connectivity index (χ3v) is 7.41. The molecule has 0 radical (unpaired) electrons. The quantitative estimate of drug-likeness (QED) is 0.643. The lowest BCUT2D eigenvalue weighted by molar-refractivity contribution is -0.164. The second-order valence-electron chi connectivity index (χ2n) is 9.39. The minimum absolute atomic E-state index is 0.00955. The van der Waals surface area contributed by atoms with Gasteiger partial charge in [-0.15, -0.1) is 0 Å². The minimum Gasteiger partial charge on any atom is -0.466 e. The van der Waals surface area contributed by atoms with E-state index >= 15 is 0 Å². The maximum Gasteiger partial charge on any atom is 0.314 e. The van der Waals surface area contributed by atoms with E-state index in [1.807, 2.05) is 13.8 Å². The van der Waals surface area contributed by atoms with Crippen molar-refractivity contribution in [1.29, 1.82) is 0 Å². The first-order valence-electron chi connectivity index (χ1n) is 12.1. The summed E-state index contributed by atoms with van der Waals surface area (Å²) in [7, 11) is 0. The van der Waals surface area contributed by atoms with Gasteiger partial charge < -0.3 is 14.4 Å². The lowest BCUT2D eigenvalue weighted by Gasteiger charge is -2.52. The zero-order valence-corrected chi connectivity index (χ0v) is 19.4. The predicted molar refractivity (Wildman–Crippen MR) is 120 cm³/mol. The molecule has 3 fully saturated rings. The Morgan fingerprint density at radius 2 is 2.03 bits per heavy atom. The van der Waals surface area contributed by atoms with Crippen LogP contribution in [0.2, 0.25) is 0 Å². The van der Waals surface area contributed by atoms with Gasteiger partial charge >= 0.3 is 5.97 Å². The molecule has 3 heterocycles. The van der Waals surface area contributed by atoms with E-state index in [4.69, 9.17) is 14.5 Å². The fourth-order valence-corrected chi connectivity index (χ4v) is 5.82. The number of fused-ring (bicyclic) bond motifs is 1. The third-order valence-electron chi connectivity index (χ3n) is 7.41. The van der Waals surface area contributed by atoms with Crippen molar-refractivity contribution >= 4 is 11.8 Å². The number of hydrogen-bond acceptors (Lipinski definition) is 7. The highest BCUT2D eigenvalue weighted by Crippen LogP contribution is 2.49. The first-order chi connectivity index (χ1) is 15.1. The first kappa shape index (κ1) is 22.5. The molecule has 3 atom stereocenters. The molecule has 2 saturated heterocycles. The van der Waals surface area contributed by atoms with Gasteiger partial charge in [0, 0.05) is 50.4 Å². The number of esters is 1. The van der Waals surface area contributed by atoms with Crippen LogP contribution < -0.4 is 4.90 Å². The molecule has 31 heavy (non-hydrogen) atoms. The van der Waals surface area contributed by atoms with Crippen LogP contribution in [-0.4, -0.2) is 72.9 Å². The van der Waals surface area contributed by atoms with Gasteiger partial charge in [0.2, 0.25) is 0 Å². The molecule has 4 rings (SSSR count). The van der Waals surface area contributed by atoms with Crippen LogP contribution in [0.5, 0.6) is 0 Å². The van der Waals surface area contributed by atoms with Crippen molar-refractivity contribution < 1.29 is 14.3 Å². The smallest absolute Gasteiger partial charge is 0.314 e. The Labute approximate surface area is 186 Å². The van der Waals surface area contributed by atoms with E-state index in [1.54, 1.807) is 0 Å². The Morgan fingerprint density at radius 3 is 2.77 bits per heavy atom. The average Bonchev–Trinajstić information content (AvgIpc) is 2.79. The van der Waals surface area contributed by atoms with Crippen molar-refractivity contribution in [2.75, 3.05) is 50.9 Å². The minimum atomic E-state index is -0.430. The van der Waals surface area contributed by atoms with Crippen molar-refractivity contribution in [3.8, 4) is 0 Å². The van der Waals surface area contributed by atoms with Crippen LogP contribution in [0.4, 0.5) is 5.82 Å². The van der Waals surface area contributed by atoms with Gasteiger partial charge in [-0.1, -0.05) is 6.92 Å². The van der Waals surface area contributed by atoms with E-state index in [1.165, 1.54) is 0 Å². The summed E-state index contributed by atoms with van der Waals surface area (Å²) in [6.45, 7) is 11.8. The summed E-state index contributed by atoms with van der Waals surface area (Å²) in [6, 6.07) is 2.62. The molecule has 1 aromatic heterocycles. The molecule has 0 aromatic carbocycles. The van der Waals surface area contributed by atoms with Gasteiger partial charge in [0.15, 0.2) is 0 Å². The van der Waals surface area contributed by atoms with Crippen molar-refractivity contribution in [2.45, 2.75) is 65.3 Å². The summed E-state index contributed by atoms with van der Waals surface area (Å²) >= 11 is 0. The number of aromatic nitrogens is 2. The summed E-state index contributed by atoms with van der Waals surface area (Å²) in [5.74, 6) is 2.22. The monoisotopic (exact) mass is 430 g/mol. The Bertz CT molecular complexity index is 767. The topological polar surface area (TPSA) is 67.8 Å². The van der Waals surface area contributed by atoms with Crippen LogP contribution in [0.1, 0.15) is 57.5 Å². The van der Waals surface area contributed by atoms with Gasteiger partial charge in [-0.05, 0) is 51.9 Å². The maximum atomic E-state index is 13.3. The molecule has 0 bridgehead atoms. The molecule has 1 saturated carbocycles. The van der Waals surface area contributed by atoms with Gasteiger partial charge in [-0.25, -0.2) is 9.97 Å². The molecular formula is C24H38N4O3. The van der Waals surface area contributed by atoms with Gasteiger partial charge in [0.05, 0.1) is 25.2 Å². The second-order valence-corrected chi connectivity index (χ2v) is 9.39. The molecule has 7 heteroatoms. The van der Waals surface area contributed by atoms with E-state index in [9.17, 15) is 4.79 Å². The molecule has 0 amide bonds. The molecule has 3 aliphatic rings. The summed E-state index contributed by atoms with van der Waals surface area (Å²) in [6.07, 6.45) is 5.94. The van der Waals surface area contributed by atoms with Crippen LogP contribution in [0.3, 0.4) is 0 Å². The molecule has 1 aliphatic carbocycles. The number of rotatable bonds is 6. The highest BCUT2D eigenvalue weighted by Gasteiger charge is 2.54. The zero-order chi connectivity index (χ0) is 21.8. The Kier molecular flexibility index (Phi) is 7.12. The molecule has 0 unspecified atom stereocenters. The number of anilines is 1. The molecule has 0 spiro atoms. The highest BCUT2D eigenvalue weighted by molar-refractivity contribution is 5.79. The fraction of sp³-hybridized carbons (Fsp3) is 0.792. The highest BCUT2D eigenvalue weighted by atomic mass is 16.5. The van der Waals surface area contributed by atoms with Gasteiger partial charge in [0.1, 0.15) is 11.6 Å². The van der Waals surface area contributed by atoms with Gasteiger partial charge in [-0.2, -0.15) is 0 Å². The fourth-order valence-electron chi connectivity index (χ4n) is 5.82. The van der Waals surface area contributed by atoms with Crippen LogP contribution in [0, 0.1) is 18.3 Å². The number of hydrogen-bond donors (Lipinski definition) is 0. The molecule has 2 aliphatic heterocycles. The lowest BCUT2D eigenvalue weighted by atomic mass is 9.61. The molecule has 1 aromatic rings. The van der Waals surface area contributed by atoms with Crippen molar-refractivity contribution in [1.82, 2.24) is 14.9 Å². The van der Waals surface area contributed by atoms with E-state index in [0.29, 0.717) is 25.1 Å². The van der Waals surface area contributed by atoms with E-state index in [2.05, 4.69) is 27.8 Å². The normalized spacial score (nSPS) is 29.5. The summed E-state index contributed by atoms with van der Waals surface area (Å²) < 4.78 is 11.2. The number of ether oxygens (including phenoxy) is 2. The van der Waals surface area contributed by atoms with Crippen molar-refractivity contribution in [3.63, 3.8) is 0 Å².